The Balaban J connectivity index is 1.27. The molecule has 4 aromatic carbocycles. The number of rotatable bonds is 7. The molecular weight excluding hydrogens is 530 g/mol. The summed E-state index contributed by atoms with van der Waals surface area (Å²) in [5.41, 5.74) is 7.56. The summed E-state index contributed by atoms with van der Waals surface area (Å²) in [5, 5.41) is 2.46. The van der Waals surface area contributed by atoms with Crippen LogP contribution in [0.3, 0.4) is 0 Å². The van der Waals surface area contributed by atoms with Crippen molar-refractivity contribution in [2.45, 2.75) is 50.9 Å². The highest BCUT2D eigenvalue weighted by Gasteiger charge is 2.39. The quantitative estimate of drug-likeness (QED) is 0.218. The number of pyridine rings is 1. The summed E-state index contributed by atoms with van der Waals surface area (Å²) in [4.78, 5) is 23.8. The van der Waals surface area contributed by atoms with E-state index in [0.29, 0.717) is 12.3 Å². The molecule has 1 aliphatic heterocycles. The molecule has 0 N–H and O–H groups in total. The van der Waals surface area contributed by atoms with E-state index in [2.05, 4.69) is 113 Å². The lowest BCUT2D eigenvalue weighted by Gasteiger charge is -2.43. The topological polar surface area (TPSA) is 45.7 Å². The lowest BCUT2D eigenvalue weighted by Crippen LogP contribution is -2.53. The van der Waals surface area contributed by atoms with Crippen LogP contribution in [0.1, 0.15) is 46.3 Å². The zero-order valence-electron chi connectivity index (χ0n) is 24.8. The first-order chi connectivity index (χ1) is 21.1. The van der Waals surface area contributed by atoms with Gasteiger partial charge in [-0.1, -0.05) is 91.0 Å². The molecule has 43 heavy (non-hydrogen) atoms. The standard InChI is InChI=1S/C38H37N3O2/c1-26(38(42)41(25-27-20-33(43-2)24-39-23-27)32-21-30-12-3-4-13-31(30)22-32)40-19-18-29-11-6-8-16-35(29)37(40)36-17-9-14-28-10-5-7-15-34(28)36/h3-17,20,23-24,26,32,37H,18-19,21-22,25H2,1-2H3/t26-,37+/m0/s1. The Labute approximate surface area is 253 Å². The van der Waals surface area contributed by atoms with Crippen molar-refractivity contribution in [2.75, 3.05) is 13.7 Å². The molecule has 7 rings (SSSR count). The maximum atomic E-state index is 14.8. The first kappa shape index (κ1) is 27.4. The summed E-state index contributed by atoms with van der Waals surface area (Å²) in [6.45, 7) is 3.42. The van der Waals surface area contributed by atoms with E-state index in [1.54, 1.807) is 13.3 Å². The lowest BCUT2D eigenvalue weighted by molar-refractivity contribution is -0.140. The summed E-state index contributed by atoms with van der Waals surface area (Å²) in [5.74, 6) is 0.863. The van der Waals surface area contributed by atoms with Gasteiger partial charge in [-0.3, -0.25) is 14.7 Å². The van der Waals surface area contributed by atoms with Gasteiger partial charge in [-0.2, -0.15) is 0 Å². The van der Waals surface area contributed by atoms with Crippen LogP contribution in [0, 0.1) is 0 Å². The third-order valence-corrected chi connectivity index (χ3v) is 9.41. The van der Waals surface area contributed by atoms with Crippen molar-refractivity contribution in [3.63, 3.8) is 0 Å². The number of carbonyl (C=O) groups excluding carboxylic acids is 1. The molecule has 0 bridgehead atoms. The van der Waals surface area contributed by atoms with Crippen molar-refractivity contribution in [2.24, 2.45) is 0 Å². The van der Waals surface area contributed by atoms with E-state index in [0.717, 1.165) is 31.4 Å². The Kier molecular flexibility index (Phi) is 7.42. The molecule has 0 unspecified atom stereocenters. The minimum Gasteiger partial charge on any atom is -0.495 e. The van der Waals surface area contributed by atoms with E-state index >= 15 is 0 Å². The molecule has 1 aliphatic carbocycles. The van der Waals surface area contributed by atoms with Gasteiger partial charge in [0.1, 0.15) is 5.75 Å². The monoisotopic (exact) mass is 567 g/mol. The van der Waals surface area contributed by atoms with Gasteiger partial charge in [0.25, 0.3) is 0 Å². The van der Waals surface area contributed by atoms with Crippen LogP contribution < -0.4 is 4.74 Å². The molecule has 0 radical (unpaired) electrons. The number of benzene rings is 4. The van der Waals surface area contributed by atoms with Gasteiger partial charge in [-0.15, -0.1) is 0 Å². The molecule has 216 valence electrons. The van der Waals surface area contributed by atoms with E-state index in [-0.39, 0.29) is 24.0 Å². The normalized spacial score (nSPS) is 17.3. The summed E-state index contributed by atoms with van der Waals surface area (Å²) in [7, 11) is 1.65. The average molecular weight is 568 g/mol. The van der Waals surface area contributed by atoms with Gasteiger partial charge in [0, 0.05) is 25.3 Å². The molecule has 0 saturated heterocycles. The number of nitrogens with zero attached hydrogens (tertiary/aromatic N) is 3. The molecule has 5 aromatic rings. The molecular formula is C38H37N3O2. The highest BCUT2D eigenvalue weighted by atomic mass is 16.5. The Morgan fingerprint density at radius 1 is 0.884 bits per heavy atom. The van der Waals surface area contributed by atoms with Crippen molar-refractivity contribution >= 4 is 16.7 Å². The number of fused-ring (bicyclic) bond motifs is 3. The first-order valence-electron chi connectivity index (χ1n) is 15.3. The predicted octanol–water partition coefficient (Wildman–Crippen LogP) is 6.78. The molecule has 1 aromatic heterocycles. The van der Waals surface area contributed by atoms with Crippen LogP contribution in [-0.4, -0.2) is 46.4 Å². The van der Waals surface area contributed by atoms with E-state index < -0.39 is 0 Å². The van der Waals surface area contributed by atoms with Crippen molar-refractivity contribution < 1.29 is 9.53 Å². The Bertz CT molecular complexity index is 1750. The van der Waals surface area contributed by atoms with Gasteiger partial charge in [0.15, 0.2) is 0 Å². The molecule has 0 fully saturated rings. The molecule has 0 spiro atoms. The number of amides is 1. The van der Waals surface area contributed by atoms with Crippen LogP contribution in [0.15, 0.2) is 109 Å². The Morgan fingerprint density at radius 2 is 1.56 bits per heavy atom. The van der Waals surface area contributed by atoms with E-state index in [1.165, 1.54) is 38.6 Å². The zero-order chi connectivity index (χ0) is 29.3. The summed E-state index contributed by atoms with van der Waals surface area (Å²) in [6, 6.07) is 34.3. The maximum Gasteiger partial charge on any atom is 0.240 e. The van der Waals surface area contributed by atoms with Crippen molar-refractivity contribution in [3.8, 4) is 5.75 Å². The highest BCUT2D eigenvalue weighted by Crippen LogP contribution is 2.40. The lowest BCUT2D eigenvalue weighted by atomic mass is 9.85. The number of methoxy groups -OCH3 is 1. The SMILES string of the molecule is COc1cncc(CN(C(=O)[C@H](C)N2CCc3ccccc3[C@@H]2c2cccc3ccccc23)C2Cc3ccccc3C2)c1. The second kappa shape index (κ2) is 11.7. The van der Waals surface area contributed by atoms with Crippen molar-refractivity contribution in [1.82, 2.24) is 14.8 Å². The van der Waals surface area contributed by atoms with Gasteiger partial charge < -0.3 is 9.64 Å². The van der Waals surface area contributed by atoms with Crippen molar-refractivity contribution in [1.29, 1.82) is 0 Å². The fourth-order valence-electron chi connectivity index (χ4n) is 7.22. The van der Waals surface area contributed by atoms with Gasteiger partial charge >= 0.3 is 0 Å². The smallest absolute Gasteiger partial charge is 0.240 e. The van der Waals surface area contributed by atoms with Crippen molar-refractivity contribution in [3.05, 3.63) is 143 Å². The first-order valence-corrected chi connectivity index (χ1v) is 15.3. The van der Waals surface area contributed by atoms with E-state index in [9.17, 15) is 4.79 Å². The number of hydrogen-bond acceptors (Lipinski definition) is 4. The molecule has 1 amide bonds. The Morgan fingerprint density at radius 3 is 2.35 bits per heavy atom. The van der Waals surface area contributed by atoms with Gasteiger partial charge in [-0.05, 0) is 76.4 Å². The van der Waals surface area contributed by atoms with E-state index in [4.69, 9.17) is 4.74 Å². The minimum atomic E-state index is -0.320. The van der Waals surface area contributed by atoms with Crippen LogP contribution in [0.25, 0.3) is 10.8 Å². The molecule has 2 heterocycles. The number of hydrogen-bond donors (Lipinski definition) is 0. The van der Waals surface area contributed by atoms with Crippen LogP contribution in [0.2, 0.25) is 0 Å². The molecule has 5 nitrogen and oxygen atoms in total. The summed E-state index contributed by atoms with van der Waals surface area (Å²) >= 11 is 0. The van der Waals surface area contributed by atoms with Gasteiger partial charge in [-0.25, -0.2) is 0 Å². The maximum absolute atomic E-state index is 14.8. The summed E-state index contributed by atoms with van der Waals surface area (Å²) < 4.78 is 5.47. The predicted molar refractivity (Wildman–Crippen MR) is 171 cm³/mol. The molecule has 2 atom stereocenters. The fraction of sp³-hybridized carbons (Fsp3) is 0.263. The molecule has 5 heteroatoms. The highest BCUT2D eigenvalue weighted by molar-refractivity contribution is 5.87. The number of ether oxygens (including phenoxy) is 1. The van der Waals surface area contributed by atoms with Gasteiger partial charge in [0.05, 0.1) is 25.4 Å². The van der Waals surface area contributed by atoms with E-state index in [1.807, 2.05) is 12.3 Å². The van der Waals surface area contributed by atoms with Crippen LogP contribution >= 0.6 is 0 Å². The average Bonchev–Trinajstić information content (AvgIpc) is 3.50. The van der Waals surface area contributed by atoms with Crippen LogP contribution in [0.5, 0.6) is 5.75 Å². The molecule has 0 saturated carbocycles. The third-order valence-electron chi connectivity index (χ3n) is 9.41. The minimum absolute atomic E-state index is 0.0175. The van der Waals surface area contributed by atoms with Gasteiger partial charge in [0.2, 0.25) is 5.91 Å². The number of carbonyl (C=O) groups is 1. The fourth-order valence-corrected chi connectivity index (χ4v) is 7.22. The van der Waals surface area contributed by atoms with Crippen LogP contribution in [-0.2, 0) is 30.6 Å². The summed E-state index contributed by atoms with van der Waals surface area (Å²) in [6.07, 6.45) is 6.21. The molecule has 2 aliphatic rings. The second-order valence-electron chi connectivity index (χ2n) is 11.9. The zero-order valence-corrected chi connectivity index (χ0v) is 24.8. The van der Waals surface area contributed by atoms with Crippen LogP contribution in [0.4, 0.5) is 0 Å². The largest absolute Gasteiger partial charge is 0.495 e. The third kappa shape index (κ3) is 5.19. The Hall–Kier alpha value is -4.48. The second-order valence-corrected chi connectivity index (χ2v) is 11.9. The number of aromatic nitrogens is 1.